The lowest BCUT2D eigenvalue weighted by Gasteiger charge is -2.36. The minimum Gasteiger partial charge on any atom is -0.445 e. The van der Waals surface area contributed by atoms with Gasteiger partial charge in [-0.2, -0.15) is 0 Å². The SMILES string of the molecule is O=C1CCC(N2C(=O)c3cccc(N4CCC(COC5CCN(C(=O)OCc6ccccc6)CC5)CC4)c3C2=O)C(=O)N1. The molecular formula is C32H36N4O7. The van der Waals surface area contributed by atoms with E-state index in [4.69, 9.17) is 9.47 Å². The molecule has 0 radical (unpaired) electrons. The van der Waals surface area contributed by atoms with Crippen LogP contribution in [0.5, 0.6) is 0 Å². The fourth-order valence-corrected chi connectivity index (χ4v) is 6.39. The van der Waals surface area contributed by atoms with Gasteiger partial charge in [-0.15, -0.1) is 0 Å². The summed E-state index contributed by atoms with van der Waals surface area (Å²) in [5.41, 5.74) is 2.30. The van der Waals surface area contributed by atoms with E-state index in [9.17, 15) is 24.0 Å². The van der Waals surface area contributed by atoms with E-state index < -0.39 is 29.7 Å². The molecule has 6 rings (SSSR count). The van der Waals surface area contributed by atoms with Gasteiger partial charge in [0.1, 0.15) is 12.6 Å². The molecule has 11 heteroatoms. The summed E-state index contributed by atoms with van der Waals surface area (Å²) in [6.45, 7) is 3.57. The molecule has 0 aromatic heterocycles. The van der Waals surface area contributed by atoms with E-state index in [1.165, 1.54) is 0 Å². The number of anilines is 1. The van der Waals surface area contributed by atoms with Crippen molar-refractivity contribution in [3.8, 4) is 0 Å². The van der Waals surface area contributed by atoms with Gasteiger partial charge < -0.3 is 19.3 Å². The van der Waals surface area contributed by atoms with E-state index in [0.29, 0.717) is 42.4 Å². The molecule has 0 aliphatic carbocycles. The van der Waals surface area contributed by atoms with Gasteiger partial charge in [0.2, 0.25) is 11.8 Å². The summed E-state index contributed by atoms with van der Waals surface area (Å²) < 4.78 is 11.7. The van der Waals surface area contributed by atoms with Crippen molar-refractivity contribution in [3.63, 3.8) is 0 Å². The Bertz CT molecular complexity index is 1400. The second kappa shape index (κ2) is 12.5. The first kappa shape index (κ1) is 28.9. The average molecular weight is 589 g/mol. The second-order valence-electron chi connectivity index (χ2n) is 11.6. The highest BCUT2D eigenvalue weighted by molar-refractivity contribution is 6.25. The molecule has 1 atom stereocenters. The van der Waals surface area contributed by atoms with Crippen LogP contribution in [0.2, 0.25) is 0 Å². The second-order valence-corrected chi connectivity index (χ2v) is 11.6. The van der Waals surface area contributed by atoms with Crippen molar-refractivity contribution in [2.75, 3.05) is 37.7 Å². The van der Waals surface area contributed by atoms with Gasteiger partial charge in [-0.1, -0.05) is 36.4 Å². The van der Waals surface area contributed by atoms with Gasteiger partial charge in [0.15, 0.2) is 0 Å². The Morgan fingerprint density at radius 3 is 2.30 bits per heavy atom. The number of fused-ring (bicyclic) bond motifs is 1. The van der Waals surface area contributed by atoms with E-state index in [1.54, 1.807) is 17.0 Å². The summed E-state index contributed by atoms with van der Waals surface area (Å²) in [4.78, 5) is 68.0. The van der Waals surface area contributed by atoms with Gasteiger partial charge in [-0.3, -0.25) is 29.4 Å². The van der Waals surface area contributed by atoms with E-state index in [1.807, 2.05) is 36.4 Å². The summed E-state index contributed by atoms with van der Waals surface area (Å²) in [6.07, 6.45) is 3.35. The highest BCUT2D eigenvalue weighted by Gasteiger charge is 2.46. The van der Waals surface area contributed by atoms with Gasteiger partial charge >= 0.3 is 6.09 Å². The Labute approximate surface area is 250 Å². The number of nitrogens with zero attached hydrogens (tertiary/aromatic N) is 3. The first-order chi connectivity index (χ1) is 20.9. The van der Waals surface area contributed by atoms with Gasteiger partial charge in [-0.05, 0) is 55.7 Å². The van der Waals surface area contributed by atoms with Crippen LogP contribution in [0.1, 0.15) is 64.8 Å². The number of carbonyl (C=O) groups excluding carboxylic acids is 5. The number of nitrogens with one attached hydrogen (secondary N) is 1. The zero-order chi connectivity index (χ0) is 29.9. The third-order valence-electron chi connectivity index (χ3n) is 8.87. The average Bonchev–Trinajstić information content (AvgIpc) is 3.29. The molecule has 11 nitrogen and oxygen atoms in total. The number of amides is 5. The van der Waals surface area contributed by atoms with Crippen molar-refractivity contribution in [1.29, 1.82) is 0 Å². The lowest BCUT2D eigenvalue weighted by atomic mass is 9.96. The van der Waals surface area contributed by atoms with Crippen molar-refractivity contribution in [2.45, 2.75) is 57.3 Å². The Morgan fingerprint density at radius 1 is 0.837 bits per heavy atom. The lowest BCUT2D eigenvalue weighted by molar-refractivity contribution is -0.136. The standard InChI is InChI=1S/C32H36N4O7/c37-27-10-9-26(29(38)33-27)36-30(39)24-7-4-8-25(28(24)31(36)40)34-15-11-22(12-16-34)19-42-23-13-17-35(18-14-23)32(41)43-20-21-5-2-1-3-6-21/h1-8,22-23,26H,9-20H2,(H,33,37,38). The van der Waals surface area contributed by atoms with Crippen LogP contribution in [0.15, 0.2) is 48.5 Å². The summed E-state index contributed by atoms with van der Waals surface area (Å²) in [7, 11) is 0. The Balaban J connectivity index is 0.970. The van der Waals surface area contributed by atoms with Crippen LogP contribution in [0.4, 0.5) is 10.5 Å². The van der Waals surface area contributed by atoms with Crippen LogP contribution in [-0.2, 0) is 25.7 Å². The molecule has 0 spiro atoms. The summed E-state index contributed by atoms with van der Waals surface area (Å²) in [5, 5.41) is 2.24. The first-order valence-electron chi connectivity index (χ1n) is 15.1. The fourth-order valence-electron chi connectivity index (χ4n) is 6.39. The lowest BCUT2D eigenvalue weighted by Crippen LogP contribution is -2.54. The van der Waals surface area contributed by atoms with Crippen molar-refractivity contribution in [1.82, 2.24) is 15.1 Å². The number of rotatable bonds is 7. The van der Waals surface area contributed by atoms with Crippen molar-refractivity contribution in [2.24, 2.45) is 5.92 Å². The van der Waals surface area contributed by atoms with Gasteiger partial charge in [0, 0.05) is 39.2 Å². The third kappa shape index (κ3) is 6.13. The van der Waals surface area contributed by atoms with Crippen molar-refractivity contribution >= 4 is 35.4 Å². The molecule has 4 aliphatic heterocycles. The van der Waals surface area contributed by atoms with Crippen molar-refractivity contribution < 1.29 is 33.4 Å². The monoisotopic (exact) mass is 588 g/mol. The minimum absolute atomic E-state index is 0.0899. The zero-order valence-corrected chi connectivity index (χ0v) is 24.0. The number of hydrogen-bond donors (Lipinski definition) is 1. The predicted octanol–water partition coefficient (Wildman–Crippen LogP) is 3.12. The molecule has 3 fully saturated rings. The topological polar surface area (TPSA) is 126 Å². The maximum Gasteiger partial charge on any atom is 0.410 e. The van der Waals surface area contributed by atoms with E-state index >= 15 is 0 Å². The van der Waals surface area contributed by atoms with E-state index in [2.05, 4.69) is 10.2 Å². The van der Waals surface area contributed by atoms with Crippen LogP contribution in [0.3, 0.4) is 0 Å². The molecule has 1 N–H and O–H groups in total. The number of carbonyl (C=O) groups is 5. The molecule has 4 heterocycles. The maximum atomic E-state index is 13.5. The molecule has 3 saturated heterocycles. The predicted molar refractivity (Wildman–Crippen MR) is 155 cm³/mol. The normalized spacial score (nSPS) is 21.7. The fraction of sp³-hybridized carbons (Fsp3) is 0.469. The molecule has 5 amide bonds. The smallest absolute Gasteiger partial charge is 0.410 e. The van der Waals surface area contributed by atoms with E-state index in [0.717, 1.165) is 49.2 Å². The summed E-state index contributed by atoms with van der Waals surface area (Å²) in [5.74, 6) is -1.60. The third-order valence-corrected chi connectivity index (χ3v) is 8.87. The number of benzene rings is 2. The van der Waals surface area contributed by atoms with E-state index in [-0.39, 0.29) is 31.6 Å². The minimum atomic E-state index is -0.979. The van der Waals surface area contributed by atoms with Gasteiger partial charge in [0.25, 0.3) is 11.8 Å². The molecular weight excluding hydrogens is 552 g/mol. The molecule has 43 heavy (non-hydrogen) atoms. The number of ether oxygens (including phenoxy) is 2. The molecule has 2 aromatic carbocycles. The number of imide groups is 2. The van der Waals surface area contributed by atoms with Crippen molar-refractivity contribution in [3.05, 3.63) is 65.2 Å². The highest BCUT2D eigenvalue weighted by Crippen LogP contribution is 2.36. The summed E-state index contributed by atoms with van der Waals surface area (Å²) in [6, 6.07) is 13.9. The van der Waals surface area contributed by atoms with Crippen LogP contribution in [-0.4, -0.2) is 84.5 Å². The quantitative estimate of drug-likeness (QED) is 0.489. The molecule has 1 unspecified atom stereocenters. The number of hydrogen-bond acceptors (Lipinski definition) is 8. The van der Waals surface area contributed by atoms with Gasteiger partial charge in [0.05, 0.1) is 22.9 Å². The number of likely N-dealkylation sites (tertiary alicyclic amines) is 1. The molecule has 2 aromatic rings. The maximum absolute atomic E-state index is 13.5. The largest absolute Gasteiger partial charge is 0.445 e. The Kier molecular flexibility index (Phi) is 8.42. The Morgan fingerprint density at radius 2 is 1.58 bits per heavy atom. The zero-order valence-electron chi connectivity index (χ0n) is 24.0. The molecule has 0 saturated carbocycles. The first-order valence-corrected chi connectivity index (χ1v) is 15.1. The van der Waals surface area contributed by atoms with Crippen LogP contribution in [0.25, 0.3) is 0 Å². The number of piperidine rings is 3. The molecule has 226 valence electrons. The Hall–Kier alpha value is -4.25. The molecule has 4 aliphatic rings. The summed E-state index contributed by atoms with van der Waals surface area (Å²) >= 11 is 0. The van der Waals surface area contributed by atoms with Gasteiger partial charge in [-0.25, -0.2) is 4.79 Å². The van der Waals surface area contributed by atoms with Crippen LogP contribution < -0.4 is 10.2 Å². The molecule has 0 bridgehead atoms. The van der Waals surface area contributed by atoms with Crippen LogP contribution in [0, 0.1) is 5.92 Å². The van der Waals surface area contributed by atoms with Crippen LogP contribution >= 0.6 is 0 Å². The highest BCUT2D eigenvalue weighted by atomic mass is 16.6.